The maximum atomic E-state index is 5.47. The van der Waals surface area contributed by atoms with Crippen LogP contribution in [0.1, 0.15) is 13.8 Å². The summed E-state index contributed by atoms with van der Waals surface area (Å²) < 4.78 is 10.9. The van der Waals surface area contributed by atoms with Gasteiger partial charge in [0.05, 0.1) is 0 Å². The number of allylic oxidation sites excluding steroid dienone is 1. The quantitative estimate of drug-likeness (QED) is 0.403. The Labute approximate surface area is 76.4 Å². The van der Waals surface area contributed by atoms with E-state index in [1.54, 1.807) is 0 Å². The zero-order valence-corrected chi connectivity index (χ0v) is 9.69. The molecule has 0 aliphatic heterocycles. The molecule has 0 rings (SSSR count). The van der Waals surface area contributed by atoms with E-state index in [9.17, 15) is 0 Å². The first-order chi connectivity index (χ1) is 5.18. The first kappa shape index (κ1) is 11.6. The van der Waals surface area contributed by atoms with Crippen molar-refractivity contribution < 1.29 is 9.05 Å². The van der Waals surface area contributed by atoms with Gasteiger partial charge >= 0.3 is 76.0 Å². The van der Waals surface area contributed by atoms with Crippen molar-refractivity contribution in [2.45, 2.75) is 13.8 Å². The topological polar surface area (TPSA) is 18.5 Å². The third-order valence-corrected chi connectivity index (χ3v) is 5.28. The molecule has 0 bridgehead atoms. The van der Waals surface area contributed by atoms with Crippen LogP contribution in [0.4, 0.5) is 0 Å². The van der Waals surface area contributed by atoms with E-state index >= 15 is 0 Å². The van der Waals surface area contributed by atoms with E-state index in [1.807, 2.05) is 19.9 Å². The van der Waals surface area contributed by atoms with Gasteiger partial charge in [-0.15, -0.1) is 0 Å². The summed E-state index contributed by atoms with van der Waals surface area (Å²) in [5.74, 6) is -1.71. The SMILES string of the molecule is C=CCP(=[Se])(OCC)OCC. The predicted molar refractivity (Wildman–Crippen MR) is 51.0 cm³/mol. The normalized spacial score (nSPS) is 11.5. The van der Waals surface area contributed by atoms with Crippen LogP contribution in [0.3, 0.4) is 0 Å². The summed E-state index contributed by atoms with van der Waals surface area (Å²) in [6.45, 7) is 8.97. The van der Waals surface area contributed by atoms with E-state index in [0.29, 0.717) is 13.2 Å². The molecule has 66 valence electrons. The van der Waals surface area contributed by atoms with Crippen molar-refractivity contribution in [3.05, 3.63) is 12.7 Å². The Hall–Kier alpha value is 0.609. The Bertz CT molecular complexity index is 149. The Morgan fingerprint density at radius 3 is 2.09 bits per heavy atom. The molecule has 0 aromatic carbocycles. The summed E-state index contributed by atoms with van der Waals surface area (Å²) in [5.41, 5.74) is 0. The Balaban J connectivity index is 4.01. The fourth-order valence-electron chi connectivity index (χ4n) is 0.694. The Kier molecular flexibility index (Phi) is 6.50. The molecule has 0 N–H and O–H groups in total. The van der Waals surface area contributed by atoms with Gasteiger partial charge in [0.15, 0.2) is 0 Å². The molecular weight excluding hydrogens is 226 g/mol. The van der Waals surface area contributed by atoms with Gasteiger partial charge in [-0.3, -0.25) is 0 Å². The summed E-state index contributed by atoms with van der Waals surface area (Å²) in [7, 11) is 0. The summed E-state index contributed by atoms with van der Waals surface area (Å²) >= 11 is 2.99. The van der Waals surface area contributed by atoms with Crippen LogP contribution in [0, 0.1) is 0 Å². The van der Waals surface area contributed by atoms with E-state index in [-0.39, 0.29) is 0 Å². The average Bonchev–Trinajstić information content (AvgIpc) is 1.88. The zero-order chi connectivity index (χ0) is 8.74. The van der Waals surface area contributed by atoms with Crippen LogP contribution in [0.15, 0.2) is 12.7 Å². The average molecular weight is 241 g/mol. The van der Waals surface area contributed by atoms with Crippen LogP contribution in [-0.4, -0.2) is 34.5 Å². The number of hydrogen-bond acceptors (Lipinski definition) is 2. The molecule has 0 saturated heterocycles. The van der Waals surface area contributed by atoms with Gasteiger partial charge in [0.2, 0.25) is 0 Å². The van der Waals surface area contributed by atoms with Crippen molar-refractivity contribution in [2.75, 3.05) is 19.4 Å². The molecule has 0 saturated carbocycles. The minimum atomic E-state index is -1.71. The molecule has 0 fully saturated rings. The summed E-state index contributed by atoms with van der Waals surface area (Å²) in [6, 6.07) is 0. The van der Waals surface area contributed by atoms with Gasteiger partial charge in [-0.05, 0) is 0 Å². The van der Waals surface area contributed by atoms with E-state index in [2.05, 4.69) is 21.7 Å². The number of rotatable bonds is 6. The second-order valence-electron chi connectivity index (χ2n) is 1.92. The molecule has 0 aliphatic rings. The van der Waals surface area contributed by atoms with Crippen LogP contribution in [0.2, 0.25) is 0 Å². The van der Waals surface area contributed by atoms with Gasteiger partial charge in [0, 0.05) is 0 Å². The van der Waals surface area contributed by atoms with E-state index in [0.717, 1.165) is 6.16 Å². The monoisotopic (exact) mass is 242 g/mol. The summed E-state index contributed by atoms with van der Waals surface area (Å²) in [4.78, 5) is 0. The molecular formula is C7H15O2PSe. The Morgan fingerprint density at radius 1 is 1.36 bits per heavy atom. The van der Waals surface area contributed by atoms with Crippen LogP contribution in [0.5, 0.6) is 0 Å². The minimum absolute atomic E-state index is 0.689. The molecule has 0 unspecified atom stereocenters. The van der Waals surface area contributed by atoms with Crippen molar-refractivity contribution in [3.8, 4) is 0 Å². The van der Waals surface area contributed by atoms with Crippen molar-refractivity contribution in [3.63, 3.8) is 0 Å². The van der Waals surface area contributed by atoms with Crippen molar-refractivity contribution in [2.24, 2.45) is 0 Å². The number of hydrogen-bond donors (Lipinski definition) is 0. The zero-order valence-electron chi connectivity index (χ0n) is 7.08. The second kappa shape index (κ2) is 6.16. The maximum absolute atomic E-state index is 5.47. The van der Waals surface area contributed by atoms with Crippen molar-refractivity contribution in [1.29, 1.82) is 0 Å². The van der Waals surface area contributed by atoms with Gasteiger partial charge in [-0.25, -0.2) is 0 Å². The van der Waals surface area contributed by atoms with Gasteiger partial charge in [-0.2, -0.15) is 0 Å². The van der Waals surface area contributed by atoms with Crippen LogP contribution in [-0.2, 0) is 9.05 Å². The van der Waals surface area contributed by atoms with Crippen molar-refractivity contribution in [1.82, 2.24) is 0 Å². The first-order valence-electron chi connectivity index (χ1n) is 3.67. The first-order valence-corrected chi connectivity index (χ1v) is 7.70. The molecule has 0 aromatic heterocycles. The van der Waals surface area contributed by atoms with E-state index < -0.39 is 5.96 Å². The van der Waals surface area contributed by atoms with Gasteiger partial charge in [0.25, 0.3) is 0 Å². The molecule has 0 aromatic rings. The molecule has 0 heterocycles. The molecule has 11 heavy (non-hydrogen) atoms. The second-order valence-corrected chi connectivity index (χ2v) is 7.52. The third kappa shape index (κ3) is 4.95. The molecule has 0 aliphatic carbocycles. The van der Waals surface area contributed by atoms with Crippen molar-refractivity contribution >= 4 is 21.1 Å². The molecule has 4 heteroatoms. The summed E-state index contributed by atoms with van der Waals surface area (Å²) in [5, 5.41) is 0. The third-order valence-electron chi connectivity index (χ3n) is 1.00. The summed E-state index contributed by atoms with van der Waals surface area (Å²) in [6.07, 6.45) is 2.62. The van der Waals surface area contributed by atoms with E-state index in [4.69, 9.17) is 9.05 Å². The Morgan fingerprint density at radius 2 is 1.82 bits per heavy atom. The van der Waals surface area contributed by atoms with Crippen LogP contribution >= 0.6 is 5.96 Å². The molecule has 0 atom stereocenters. The molecule has 2 nitrogen and oxygen atoms in total. The van der Waals surface area contributed by atoms with E-state index in [1.165, 1.54) is 0 Å². The predicted octanol–water partition coefficient (Wildman–Crippen LogP) is 2.18. The van der Waals surface area contributed by atoms with Gasteiger partial charge in [-0.1, -0.05) is 0 Å². The van der Waals surface area contributed by atoms with Crippen LogP contribution < -0.4 is 0 Å². The van der Waals surface area contributed by atoms with Crippen LogP contribution in [0.25, 0.3) is 0 Å². The fraction of sp³-hybridized carbons (Fsp3) is 0.714. The standard InChI is InChI=1S/C7H15O2PSe/c1-4-7-10(11,8-5-2)9-6-3/h4H,1,5-7H2,2-3H3. The van der Waals surface area contributed by atoms with Gasteiger partial charge in [0.1, 0.15) is 0 Å². The van der Waals surface area contributed by atoms with Gasteiger partial charge < -0.3 is 0 Å². The molecule has 0 spiro atoms. The molecule has 0 radical (unpaired) electrons. The fourth-order valence-corrected chi connectivity index (χ4v) is 4.07. The molecule has 0 amide bonds.